The fourth-order valence-electron chi connectivity index (χ4n) is 11.0. The first-order valence-electron chi connectivity index (χ1n) is 22.5. The van der Waals surface area contributed by atoms with E-state index < -0.39 is 5.41 Å². The minimum atomic E-state index is -0.640. The fraction of sp³-hybridized carbons (Fsp3) is 0.0164. The Balaban J connectivity index is 1.08. The van der Waals surface area contributed by atoms with Crippen LogP contribution < -0.4 is 4.74 Å². The van der Waals surface area contributed by atoms with E-state index in [0.717, 1.165) is 90.0 Å². The molecule has 0 saturated carbocycles. The highest BCUT2D eigenvalue weighted by Gasteiger charge is 2.51. The molecule has 66 heavy (non-hydrogen) atoms. The Labute approximate surface area is 381 Å². The number of para-hydroxylation sites is 8. The molecule has 2 aromatic heterocycles. The lowest BCUT2D eigenvalue weighted by Crippen LogP contribution is -2.32. The molecule has 0 N–H and O–H groups in total. The van der Waals surface area contributed by atoms with E-state index in [1.807, 2.05) is 0 Å². The molecule has 14 rings (SSSR count). The van der Waals surface area contributed by atoms with Crippen LogP contribution in [0.4, 0.5) is 0 Å². The van der Waals surface area contributed by atoms with Gasteiger partial charge in [0.1, 0.15) is 23.1 Å². The second-order valence-electron chi connectivity index (χ2n) is 17.3. The monoisotopic (exact) mass is 842 g/mol. The number of nitrogens with zero attached hydrogens (tertiary/aromatic N) is 4. The third-order valence-electron chi connectivity index (χ3n) is 13.8. The van der Waals surface area contributed by atoms with E-state index in [-0.39, 0.29) is 0 Å². The normalized spacial score (nSPS) is 13.1. The van der Waals surface area contributed by atoms with Gasteiger partial charge in [0.25, 0.3) is 0 Å². The molecule has 308 valence electrons. The molecule has 2 aliphatic rings. The predicted octanol–water partition coefficient (Wildman–Crippen LogP) is 15.0. The van der Waals surface area contributed by atoms with Gasteiger partial charge in [0, 0.05) is 33.6 Å². The van der Waals surface area contributed by atoms with Gasteiger partial charge >= 0.3 is 0 Å². The van der Waals surface area contributed by atoms with Crippen molar-refractivity contribution in [1.82, 2.24) is 19.1 Å². The summed E-state index contributed by atoms with van der Waals surface area (Å²) in [5.74, 6) is 3.46. The van der Waals surface area contributed by atoms with Gasteiger partial charge in [0.15, 0.2) is 0 Å². The first-order valence-corrected chi connectivity index (χ1v) is 22.5. The Morgan fingerprint density at radius 2 is 0.879 bits per heavy atom. The summed E-state index contributed by atoms with van der Waals surface area (Å²) >= 11 is 0. The Hall–Kier alpha value is -8.80. The second-order valence-corrected chi connectivity index (χ2v) is 17.3. The molecule has 0 saturated heterocycles. The van der Waals surface area contributed by atoms with Crippen molar-refractivity contribution in [3.05, 3.63) is 253 Å². The lowest BCUT2D eigenvalue weighted by atomic mass is 9.65. The quantitative estimate of drug-likeness (QED) is 0.173. The van der Waals surface area contributed by atoms with Crippen LogP contribution in [0.2, 0.25) is 0 Å². The highest BCUT2D eigenvalue weighted by molar-refractivity contribution is 6.05. The van der Waals surface area contributed by atoms with Crippen molar-refractivity contribution in [2.45, 2.75) is 5.41 Å². The SMILES string of the molecule is c1ccc(-n2c(-c3cc(-c4ccc5c(c4)C4(c6ccccc6Oc6ccccc64)c4ccc6ccccc6c4-5)cc(-c4nc5ccccc5n4-c4ccccc4)c3)nc3ccccc32)cc1. The van der Waals surface area contributed by atoms with Crippen molar-refractivity contribution in [1.29, 1.82) is 0 Å². The fourth-order valence-corrected chi connectivity index (χ4v) is 11.0. The van der Waals surface area contributed by atoms with E-state index in [9.17, 15) is 0 Å². The van der Waals surface area contributed by atoms with Crippen molar-refractivity contribution in [2.24, 2.45) is 0 Å². The van der Waals surface area contributed by atoms with Gasteiger partial charge in [-0.05, 0) is 129 Å². The largest absolute Gasteiger partial charge is 0.457 e. The van der Waals surface area contributed by atoms with Crippen molar-refractivity contribution < 1.29 is 4.74 Å². The van der Waals surface area contributed by atoms with Gasteiger partial charge in [-0.1, -0.05) is 146 Å². The molecule has 0 unspecified atom stereocenters. The molecule has 1 spiro atoms. The van der Waals surface area contributed by atoms with E-state index >= 15 is 0 Å². The molecule has 10 aromatic carbocycles. The number of ether oxygens (including phenoxy) is 1. The van der Waals surface area contributed by atoms with Crippen LogP contribution in [-0.2, 0) is 5.41 Å². The molecule has 0 amide bonds. The van der Waals surface area contributed by atoms with E-state index in [2.05, 4.69) is 240 Å². The maximum Gasteiger partial charge on any atom is 0.145 e. The lowest BCUT2D eigenvalue weighted by Gasteiger charge is -2.39. The highest BCUT2D eigenvalue weighted by atomic mass is 16.5. The molecule has 5 heteroatoms. The molecule has 1 aliphatic carbocycles. The summed E-state index contributed by atoms with van der Waals surface area (Å²) in [5.41, 5.74) is 16.8. The zero-order valence-electron chi connectivity index (χ0n) is 35.6. The summed E-state index contributed by atoms with van der Waals surface area (Å²) in [6, 6.07) is 82.6. The van der Waals surface area contributed by atoms with Crippen LogP contribution in [0.5, 0.6) is 11.5 Å². The summed E-state index contributed by atoms with van der Waals surface area (Å²) in [6.45, 7) is 0. The van der Waals surface area contributed by atoms with Gasteiger partial charge in [-0.3, -0.25) is 9.13 Å². The lowest BCUT2D eigenvalue weighted by molar-refractivity contribution is 0.436. The summed E-state index contributed by atoms with van der Waals surface area (Å²) in [4.78, 5) is 10.8. The summed E-state index contributed by atoms with van der Waals surface area (Å²) in [5, 5.41) is 2.46. The topological polar surface area (TPSA) is 44.9 Å². The van der Waals surface area contributed by atoms with Crippen molar-refractivity contribution in [3.63, 3.8) is 0 Å². The Morgan fingerprint density at radius 3 is 1.50 bits per heavy atom. The zero-order chi connectivity index (χ0) is 43.3. The number of rotatable bonds is 5. The number of benzene rings is 10. The molecule has 0 atom stereocenters. The van der Waals surface area contributed by atoms with E-state index in [1.54, 1.807) is 0 Å². The smallest absolute Gasteiger partial charge is 0.145 e. The first kappa shape index (κ1) is 36.7. The summed E-state index contributed by atoms with van der Waals surface area (Å²) in [7, 11) is 0. The average Bonchev–Trinajstić information content (AvgIpc) is 4.06. The minimum absolute atomic E-state index is 0.640. The molecule has 12 aromatic rings. The van der Waals surface area contributed by atoms with Crippen molar-refractivity contribution in [3.8, 4) is 67.9 Å². The van der Waals surface area contributed by atoms with Crippen LogP contribution >= 0.6 is 0 Å². The van der Waals surface area contributed by atoms with Gasteiger partial charge in [-0.15, -0.1) is 0 Å². The predicted molar refractivity (Wildman–Crippen MR) is 267 cm³/mol. The van der Waals surface area contributed by atoms with Crippen LogP contribution in [0.15, 0.2) is 231 Å². The van der Waals surface area contributed by atoms with Crippen LogP contribution in [0.1, 0.15) is 22.3 Å². The van der Waals surface area contributed by atoms with Gasteiger partial charge in [0.2, 0.25) is 0 Å². The van der Waals surface area contributed by atoms with E-state index in [4.69, 9.17) is 14.7 Å². The first-order chi connectivity index (χ1) is 32.7. The third kappa shape index (κ3) is 5.22. The molecular weight excluding hydrogens is 805 g/mol. The van der Waals surface area contributed by atoms with Gasteiger partial charge in [0.05, 0.1) is 27.5 Å². The highest BCUT2D eigenvalue weighted by Crippen LogP contribution is 2.63. The third-order valence-corrected chi connectivity index (χ3v) is 13.8. The Morgan fingerprint density at radius 1 is 0.364 bits per heavy atom. The average molecular weight is 843 g/mol. The van der Waals surface area contributed by atoms with Crippen LogP contribution in [0.25, 0.3) is 89.2 Å². The molecule has 0 fully saturated rings. The van der Waals surface area contributed by atoms with E-state index in [1.165, 1.54) is 33.0 Å². The van der Waals surface area contributed by atoms with Gasteiger partial charge < -0.3 is 4.74 Å². The number of hydrogen-bond donors (Lipinski definition) is 0. The van der Waals surface area contributed by atoms with Crippen LogP contribution in [0, 0.1) is 0 Å². The number of aromatic nitrogens is 4. The maximum absolute atomic E-state index is 6.75. The number of hydrogen-bond acceptors (Lipinski definition) is 3. The van der Waals surface area contributed by atoms with Crippen LogP contribution in [0.3, 0.4) is 0 Å². The Bertz CT molecular complexity index is 3740. The minimum Gasteiger partial charge on any atom is -0.457 e. The van der Waals surface area contributed by atoms with Crippen molar-refractivity contribution >= 4 is 32.8 Å². The van der Waals surface area contributed by atoms with Gasteiger partial charge in [-0.2, -0.15) is 0 Å². The zero-order valence-corrected chi connectivity index (χ0v) is 35.6. The van der Waals surface area contributed by atoms with Crippen LogP contribution in [-0.4, -0.2) is 19.1 Å². The molecule has 5 nitrogen and oxygen atoms in total. The standard InChI is InChI=1S/C61H38N4O/c1-3-18-44(19-4-1)64-54-27-13-11-25-52(54)62-59(64)42-35-41(36-43(37-42)60-63-53-26-12-14-28-55(53)65(60)45-20-5-2-6-21-45)40-31-33-47-51(38-40)61(50-34-32-39-17-7-8-22-46(39)58(47)50)48-23-9-15-29-56(48)66-57-30-16-10-24-49(57)61/h1-38H. The molecule has 3 heterocycles. The molecular formula is C61H38N4O. The molecule has 0 radical (unpaired) electrons. The summed E-state index contributed by atoms with van der Waals surface area (Å²) < 4.78 is 11.3. The molecule has 0 bridgehead atoms. The number of imidazole rings is 2. The Kier molecular flexibility index (Phi) is 7.83. The maximum atomic E-state index is 6.75. The van der Waals surface area contributed by atoms with Gasteiger partial charge in [-0.25, -0.2) is 9.97 Å². The van der Waals surface area contributed by atoms with Crippen molar-refractivity contribution in [2.75, 3.05) is 0 Å². The molecule has 1 aliphatic heterocycles. The van der Waals surface area contributed by atoms with E-state index in [0.29, 0.717) is 0 Å². The summed E-state index contributed by atoms with van der Waals surface area (Å²) in [6.07, 6.45) is 0. The number of fused-ring (bicyclic) bond motifs is 13. The second kappa shape index (κ2) is 14.1.